The van der Waals surface area contributed by atoms with Crippen LogP contribution in [0.5, 0.6) is 5.75 Å². The van der Waals surface area contributed by atoms with Gasteiger partial charge in [-0.2, -0.15) is 0 Å². The van der Waals surface area contributed by atoms with E-state index in [-0.39, 0.29) is 0 Å². The molecule has 3 nitrogen and oxygen atoms in total. The molecule has 0 aromatic heterocycles. The average molecular weight is 191 g/mol. The van der Waals surface area contributed by atoms with Gasteiger partial charge in [0, 0.05) is 5.56 Å². The smallest absolute Gasteiger partial charge is 0.159 e. The first-order valence-electron chi connectivity index (χ1n) is 4.48. The molecule has 74 valence electrons. The van der Waals surface area contributed by atoms with Gasteiger partial charge in [0.1, 0.15) is 5.75 Å². The van der Waals surface area contributed by atoms with Gasteiger partial charge in [0.2, 0.25) is 0 Å². The molecule has 2 N–H and O–H groups in total. The molecule has 0 fully saturated rings. The summed E-state index contributed by atoms with van der Waals surface area (Å²) in [6.07, 6.45) is 3.65. The molecule has 0 bridgehead atoms. The summed E-state index contributed by atoms with van der Waals surface area (Å²) < 4.78 is 5.11. The predicted octanol–water partition coefficient (Wildman–Crippen LogP) is 1.43. The van der Waals surface area contributed by atoms with E-state index in [1.165, 1.54) is 0 Å². The lowest BCUT2D eigenvalue weighted by molar-refractivity contribution is 0.0331. The Hall–Kier alpha value is -1.48. The van der Waals surface area contributed by atoms with Crippen LogP contribution in [0.25, 0.3) is 6.08 Å². The van der Waals surface area contributed by atoms with Crippen molar-refractivity contribution in [2.45, 2.75) is 12.6 Å². The zero-order chi connectivity index (χ0) is 10.2. The molecule has 0 unspecified atom stereocenters. The van der Waals surface area contributed by atoms with Gasteiger partial charge < -0.3 is 15.2 Å². The van der Waals surface area contributed by atoms with E-state index in [0.29, 0.717) is 0 Å². The van der Waals surface area contributed by atoms with Crippen LogP contribution in [0.1, 0.15) is 18.1 Å². The highest BCUT2D eigenvalue weighted by molar-refractivity contribution is 5.59. The molecule has 1 aromatic carbocycles. The summed E-state index contributed by atoms with van der Waals surface area (Å²) in [5, 5.41) is 12.9. The molecular formula is C11H13NO2. The van der Waals surface area contributed by atoms with E-state index >= 15 is 0 Å². The second kappa shape index (κ2) is 3.03. The quantitative estimate of drug-likeness (QED) is 0.705. The van der Waals surface area contributed by atoms with Crippen molar-refractivity contribution in [3.05, 3.63) is 35.5 Å². The molecule has 0 aliphatic carbocycles. The lowest BCUT2D eigenvalue weighted by atomic mass is 9.95. The maximum atomic E-state index is 9.99. The minimum absolute atomic E-state index is 0.797. The molecule has 1 aliphatic rings. The molecule has 1 aliphatic heterocycles. The molecule has 0 radical (unpaired) electrons. The highest BCUT2D eigenvalue weighted by Crippen LogP contribution is 2.29. The number of aliphatic hydroxyl groups is 1. The molecular weight excluding hydrogens is 178 g/mol. The second-order valence-corrected chi connectivity index (χ2v) is 3.50. The molecule has 0 saturated carbocycles. The minimum Gasteiger partial charge on any atom is -0.497 e. The maximum absolute atomic E-state index is 9.99. The summed E-state index contributed by atoms with van der Waals surface area (Å²) in [4.78, 5) is 0. The van der Waals surface area contributed by atoms with E-state index in [2.05, 4.69) is 5.32 Å². The Balaban J connectivity index is 2.53. The van der Waals surface area contributed by atoms with Crippen molar-refractivity contribution >= 4 is 6.08 Å². The highest BCUT2D eigenvalue weighted by atomic mass is 16.5. The van der Waals surface area contributed by atoms with Crippen molar-refractivity contribution < 1.29 is 9.84 Å². The van der Waals surface area contributed by atoms with Crippen LogP contribution >= 0.6 is 0 Å². The van der Waals surface area contributed by atoms with Crippen LogP contribution in [-0.4, -0.2) is 12.2 Å². The van der Waals surface area contributed by atoms with Crippen LogP contribution in [0.3, 0.4) is 0 Å². The Bertz CT molecular complexity index is 383. The monoisotopic (exact) mass is 191 g/mol. The summed E-state index contributed by atoms with van der Waals surface area (Å²) in [5.74, 6) is 0.797. The van der Waals surface area contributed by atoms with Crippen molar-refractivity contribution in [1.29, 1.82) is 0 Å². The van der Waals surface area contributed by atoms with E-state index < -0.39 is 5.72 Å². The first-order chi connectivity index (χ1) is 6.63. The number of benzene rings is 1. The molecule has 1 aromatic rings. The third-order valence-electron chi connectivity index (χ3n) is 2.41. The van der Waals surface area contributed by atoms with Gasteiger partial charge in [-0.05, 0) is 43.0 Å². The maximum Gasteiger partial charge on any atom is 0.159 e. The normalized spacial score (nSPS) is 23.9. The van der Waals surface area contributed by atoms with Gasteiger partial charge in [-0.1, -0.05) is 0 Å². The van der Waals surface area contributed by atoms with Gasteiger partial charge in [0.25, 0.3) is 0 Å². The summed E-state index contributed by atoms with van der Waals surface area (Å²) in [7, 11) is 1.63. The Morgan fingerprint density at radius 3 is 2.93 bits per heavy atom. The standard InChI is InChI=1S/C11H13NO2/c1-11(13)10-4-3-9(14-2)7-8(10)5-6-12-11/h3-7,12-13H,1-2H3/t11-/m1/s1. The number of hydrogen-bond acceptors (Lipinski definition) is 3. The summed E-state index contributed by atoms with van der Waals surface area (Å²) in [6, 6.07) is 5.61. The molecule has 1 heterocycles. The predicted molar refractivity (Wildman–Crippen MR) is 54.7 cm³/mol. The lowest BCUT2D eigenvalue weighted by Gasteiger charge is -2.29. The van der Waals surface area contributed by atoms with Crippen LogP contribution in [0, 0.1) is 0 Å². The summed E-state index contributed by atoms with van der Waals surface area (Å²) in [6.45, 7) is 1.72. The minimum atomic E-state index is -0.990. The number of fused-ring (bicyclic) bond motifs is 1. The Labute approximate surface area is 83.0 Å². The fourth-order valence-corrected chi connectivity index (χ4v) is 1.62. The SMILES string of the molecule is COc1ccc2c(c1)C=CN[C@]2(C)O. The summed E-state index contributed by atoms with van der Waals surface area (Å²) in [5.41, 5.74) is 0.852. The average Bonchev–Trinajstić information content (AvgIpc) is 2.16. The number of methoxy groups -OCH3 is 1. The van der Waals surface area contributed by atoms with E-state index in [1.807, 2.05) is 24.3 Å². The molecule has 1 atom stereocenters. The zero-order valence-corrected chi connectivity index (χ0v) is 8.24. The van der Waals surface area contributed by atoms with Crippen molar-refractivity contribution in [1.82, 2.24) is 5.32 Å². The number of rotatable bonds is 1. The van der Waals surface area contributed by atoms with E-state index in [4.69, 9.17) is 4.74 Å². The third kappa shape index (κ3) is 1.36. The van der Waals surface area contributed by atoms with Crippen molar-refractivity contribution in [2.75, 3.05) is 7.11 Å². The van der Waals surface area contributed by atoms with Crippen LogP contribution in [-0.2, 0) is 5.72 Å². The number of hydrogen-bond donors (Lipinski definition) is 2. The zero-order valence-electron chi connectivity index (χ0n) is 8.24. The van der Waals surface area contributed by atoms with Crippen LogP contribution in [0.4, 0.5) is 0 Å². The van der Waals surface area contributed by atoms with Gasteiger partial charge in [-0.15, -0.1) is 0 Å². The van der Waals surface area contributed by atoms with E-state index in [0.717, 1.165) is 16.9 Å². The first-order valence-corrected chi connectivity index (χ1v) is 4.48. The fourth-order valence-electron chi connectivity index (χ4n) is 1.62. The Morgan fingerprint density at radius 1 is 1.43 bits per heavy atom. The van der Waals surface area contributed by atoms with Crippen LogP contribution in [0.2, 0.25) is 0 Å². The third-order valence-corrected chi connectivity index (χ3v) is 2.41. The topological polar surface area (TPSA) is 41.5 Å². The second-order valence-electron chi connectivity index (χ2n) is 3.50. The van der Waals surface area contributed by atoms with Crippen molar-refractivity contribution in [3.8, 4) is 5.75 Å². The molecule has 14 heavy (non-hydrogen) atoms. The molecule has 0 amide bonds. The summed E-state index contributed by atoms with van der Waals surface area (Å²) >= 11 is 0. The Morgan fingerprint density at radius 2 is 2.21 bits per heavy atom. The van der Waals surface area contributed by atoms with Crippen molar-refractivity contribution in [2.24, 2.45) is 0 Å². The van der Waals surface area contributed by atoms with Crippen LogP contribution in [0.15, 0.2) is 24.4 Å². The fraction of sp³-hybridized carbons (Fsp3) is 0.273. The van der Waals surface area contributed by atoms with Gasteiger partial charge >= 0.3 is 0 Å². The number of nitrogens with one attached hydrogen (secondary N) is 1. The highest BCUT2D eigenvalue weighted by Gasteiger charge is 2.26. The van der Waals surface area contributed by atoms with Crippen molar-refractivity contribution in [3.63, 3.8) is 0 Å². The largest absolute Gasteiger partial charge is 0.497 e. The van der Waals surface area contributed by atoms with Crippen LogP contribution < -0.4 is 10.1 Å². The first kappa shape index (κ1) is 9.09. The number of ether oxygens (including phenoxy) is 1. The Kier molecular flexibility index (Phi) is 1.97. The van der Waals surface area contributed by atoms with Gasteiger partial charge in [-0.3, -0.25) is 0 Å². The lowest BCUT2D eigenvalue weighted by Crippen LogP contribution is -2.38. The van der Waals surface area contributed by atoms with Gasteiger partial charge in [0.05, 0.1) is 7.11 Å². The van der Waals surface area contributed by atoms with Gasteiger partial charge in [0.15, 0.2) is 5.72 Å². The van der Waals surface area contributed by atoms with E-state index in [9.17, 15) is 5.11 Å². The van der Waals surface area contributed by atoms with E-state index in [1.54, 1.807) is 20.2 Å². The molecule has 3 heteroatoms. The molecule has 0 spiro atoms. The van der Waals surface area contributed by atoms with Gasteiger partial charge in [-0.25, -0.2) is 0 Å². The molecule has 2 rings (SSSR count). The molecule has 0 saturated heterocycles.